The van der Waals surface area contributed by atoms with Crippen LogP contribution in [0.15, 0.2) is 18.2 Å². The van der Waals surface area contributed by atoms with Crippen LogP contribution >= 0.6 is 0 Å². The van der Waals surface area contributed by atoms with Crippen LogP contribution in [0.4, 0.5) is 8.78 Å². The Morgan fingerprint density at radius 2 is 1.79 bits per heavy atom. The minimum Gasteiger partial charge on any atom is -0.309 e. The van der Waals surface area contributed by atoms with E-state index in [9.17, 15) is 8.78 Å². The van der Waals surface area contributed by atoms with Crippen LogP contribution in [-0.4, -0.2) is 31.6 Å². The molecule has 0 saturated carbocycles. The molecule has 4 heteroatoms. The van der Waals surface area contributed by atoms with Crippen molar-refractivity contribution in [3.05, 3.63) is 35.4 Å². The summed E-state index contributed by atoms with van der Waals surface area (Å²) in [5, 5.41) is 3.28. The smallest absolute Gasteiger partial charge is 0.128 e. The van der Waals surface area contributed by atoms with E-state index in [4.69, 9.17) is 0 Å². The van der Waals surface area contributed by atoms with Gasteiger partial charge in [0.15, 0.2) is 0 Å². The van der Waals surface area contributed by atoms with E-state index < -0.39 is 5.82 Å². The van der Waals surface area contributed by atoms with Gasteiger partial charge in [-0.05, 0) is 45.1 Å². The van der Waals surface area contributed by atoms with Crippen molar-refractivity contribution in [1.82, 2.24) is 10.2 Å². The van der Waals surface area contributed by atoms with Crippen LogP contribution < -0.4 is 5.32 Å². The summed E-state index contributed by atoms with van der Waals surface area (Å²) in [5.74, 6) is -0.280. The monoisotopic (exact) mass is 270 g/mol. The first-order valence-electron chi connectivity index (χ1n) is 6.67. The number of rotatable bonds is 6. The average molecular weight is 270 g/mol. The quantitative estimate of drug-likeness (QED) is 0.854. The lowest BCUT2D eigenvalue weighted by molar-refractivity contribution is 0.219. The summed E-state index contributed by atoms with van der Waals surface area (Å²) in [5.41, 5.74) is 0.376. The third-order valence-electron chi connectivity index (χ3n) is 3.49. The van der Waals surface area contributed by atoms with Gasteiger partial charge in [-0.3, -0.25) is 0 Å². The summed E-state index contributed by atoms with van der Waals surface area (Å²) in [6.45, 7) is 6.90. The number of halogens is 2. The van der Waals surface area contributed by atoms with Crippen LogP contribution in [0.5, 0.6) is 0 Å². The molecule has 1 N–H and O–H groups in total. The van der Waals surface area contributed by atoms with Crippen molar-refractivity contribution >= 4 is 0 Å². The van der Waals surface area contributed by atoms with Gasteiger partial charge >= 0.3 is 0 Å². The van der Waals surface area contributed by atoms with Gasteiger partial charge in [-0.15, -0.1) is 0 Å². The second-order valence-corrected chi connectivity index (χ2v) is 5.57. The first kappa shape index (κ1) is 16.1. The Hall–Kier alpha value is -1.00. The molecule has 0 aliphatic rings. The topological polar surface area (TPSA) is 15.3 Å². The van der Waals surface area contributed by atoms with E-state index >= 15 is 0 Å². The number of hydrogen-bond acceptors (Lipinski definition) is 2. The van der Waals surface area contributed by atoms with Crippen LogP contribution in [0.2, 0.25) is 0 Å². The molecule has 0 bridgehead atoms. The molecule has 0 aliphatic carbocycles. The highest BCUT2D eigenvalue weighted by Gasteiger charge is 2.18. The molecule has 0 spiro atoms. The van der Waals surface area contributed by atoms with Crippen molar-refractivity contribution in [2.24, 2.45) is 5.92 Å². The summed E-state index contributed by atoms with van der Waals surface area (Å²) >= 11 is 0. The third kappa shape index (κ3) is 4.55. The number of likely N-dealkylation sites (N-methyl/N-ethyl adjacent to an activating group) is 1. The Bertz CT molecular complexity index is 397. The van der Waals surface area contributed by atoms with Gasteiger partial charge < -0.3 is 10.2 Å². The Morgan fingerprint density at radius 1 is 1.16 bits per heavy atom. The minimum atomic E-state index is -0.405. The van der Waals surface area contributed by atoms with Crippen LogP contribution in [-0.2, 0) is 0 Å². The first-order valence-corrected chi connectivity index (χ1v) is 6.67. The van der Waals surface area contributed by atoms with Crippen molar-refractivity contribution in [1.29, 1.82) is 0 Å². The van der Waals surface area contributed by atoms with E-state index in [2.05, 4.69) is 24.1 Å². The van der Waals surface area contributed by atoms with E-state index in [0.717, 1.165) is 12.6 Å². The fourth-order valence-corrected chi connectivity index (χ4v) is 2.27. The molecule has 2 atom stereocenters. The fourth-order valence-electron chi connectivity index (χ4n) is 2.27. The first-order chi connectivity index (χ1) is 8.82. The molecule has 1 aromatic rings. The lowest BCUT2D eigenvalue weighted by atomic mass is 10.0. The normalized spacial score (nSPS) is 15.0. The molecular formula is C15H24F2N2. The number of nitrogens with one attached hydrogen (secondary N) is 1. The maximum Gasteiger partial charge on any atom is 0.128 e. The average Bonchev–Trinajstić information content (AvgIpc) is 2.31. The van der Waals surface area contributed by atoms with Gasteiger partial charge in [-0.25, -0.2) is 8.78 Å². The zero-order valence-corrected chi connectivity index (χ0v) is 12.4. The van der Waals surface area contributed by atoms with Gasteiger partial charge in [-0.2, -0.15) is 0 Å². The number of hydrogen-bond donors (Lipinski definition) is 1. The molecule has 0 saturated heterocycles. The summed E-state index contributed by atoms with van der Waals surface area (Å²) in [6, 6.07) is 3.72. The van der Waals surface area contributed by atoms with Crippen molar-refractivity contribution < 1.29 is 8.78 Å². The molecule has 2 unspecified atom stereocenters. The highest BCUT2D eigenvalue weighted by atomic mass is 19.1. The summed E-state index contributed by atoms with van der Waals surface area (Å²) in [7, 11) is 4.06. The SMILES string of the molecule is CC(NCC(C(C)C)N(C)C)c1cc(F)ccc1F. The fraction of sp³-hybridized carbons (Fsp3) is 0.600. The largest absolute Gasteiger partial charge is 0.309 e. The molecule has 0 radical (unpaired) electrons. The molecule has 0 aliphatic heterocycles. The summed E-state index contributed by atoms with van der Waals surface area (Å²) < 4.78 is 26.8. The van der Waals surface area contributed by atoms with Gasteiger partial charge in [0.1, 0.15) is 11.6 Å². The molecule has 0 amide bonds. The summed E-state index contributed by atoms with van der Waals surface area (Å²) in [4.78, 5) is 2.15. The lowest BCUT2D eigenvalue weighted by Gasteiger charge is -2.29. The standard InChI is InChI=1S/C15H24F2N2/c1-10(2)15(19(4)5)9-18-11(3)13-8-12(16)6-7-14(13)17/h6-8,10-11,15,18H,9H2,1-5H3. The van der Waals surface area contributed by atoms with Crippen molar-refractivity contribution in [3.63, 3.8) is 0 Å². The minimum absolute atomic E-state index is 0.211. The van der Waals surface area contributed by atoms with E-state index in [1.807, 2.05) is 21.0 Å². The predicted octanol–water partition coefficient (Wildman–Crippen LogP) is 3.20. The van der Waals surface area contributed by atoms with E-state index in [0.29, 0.717) is 17.5 Å². The maximum absolute atomic E-state index is 13.6. The number of benzene rings is 1. The van der Waals surface area contributed by atoms with E-state index in [1.54, 1.807) is 0 Å². The van der Waals surface area contributed by atoms with Gasteiger partial charge in [-0.1, -0.05) is 13.8 Å². The van der Waals surface area contributed by atoms with Crippen LogP contribution in [0.3, 0.4) is 0 Å². The molecule has 0 fully saturated rings. The Balaban J connectivity index is 2.69. The summed E-state index contributed by atoms with van der Waals surface area (Å²) in [6.07, 6.45) is 0. The highest BCUT2D eigenvalue weighted by Crippen LogP contribution is 2.18. The van der Waals surface area contributed by atoms with Gasteiger partial charge in [0.05, 0.1) is 0 Å². The van der Waals surface area contributed by atoms with Gasteiger partial charge in [0.2, 0.25) is 0 Å². The second kappa shape index (κ2) is 6.96. The molecule has 0 heterocycles. The molecule has 1 rings (SSSR count). The van der Waals surface area contributed by atoms with E-state index in [1.165, 1.54) is 12.1 Å². The van der Waals surface area contributed by atoms with Crippen LogP contribution in [0.25, 0.3) is 0 Å². The second-order valence-electron chi connectivity index (χ2n) is 5.57. The lowest BCUT2D eigenvalue weighted by Crippen LogP contribution is -2.42. The Labute approximate surface area is 114 Å². The third-order valence-corrected chi connectivity index (χ3v) is 3.49. The number of nitrogens with zero attached hydrogens (tertiary/aromatic N) is 1. The van der Waals surface area contributed by atoms with Crippen LogP contribution in [0.1, 0.15) is 32.4 Å². The van der Waals surface area contributed by atoms with E-state index in [-0.39, 0.29) is 11.9 Å². The Kier molecular flexibility index (Phi) is 5.88. The molecule has 19 heavy (non-hydrogen) atoms. The highest BCUT2D eigenvalue weighted by molar-refractivity contribution is 5.21. The van der Waals surface area contributed by atoms with Crippen molar-refractivity contribution in [2.75, 3.05) is 20.6 Å². The Morgan fingerprint density at radius 3 is 2.32 bits per heavy atom. The zero-order valence-electron chi connectivity index (χ0n) is 12.4. The van der Waals surface area contributed by atoms with Crippen molar-refractivity contribution in [3.8, 4) is 0 Å². The molecular weight excluding hydrogens is 246 g/mol. The maximum atomic E-state index is 13.6. The van der Waals surface area contributed by atoms with Gasteiger partial charge in [0.25, 0.3) is 0 Å². The molecule has 2 nitrogen and oxygen atoms in total. The molecule has 1 aromatic carbocycles. The molecule has 0 aromatic heterocycles. The van der Waals surface area contributed by atoms with Gasteiger partial charge in [0, 0.05) is 24.2 Å². The zero-order chi connectivity index (χ0) is 14.6. The van der Waals surface area contributed by atoms with Crippen LogP contribution in [0, 0.1) is 17.6 Å². The molecule has 108 valence electrons. The predicted molar refractivity (Wildman–Crippen MR) is 75.1 cm³/mol. The van der Waals surface area contributed by atoms with Crippen molar-refractivity contribution in [2.45, 2.75) is 32.9 Å².